The van der Waals surface area contributed by atoms with Crippen molar-refractivity contribution >= 4 is 17.5 Å². The van der Waals surface area contributed by atoms with E-state index in [0.717, 1.165) is 5.56 Å². The van der Waals surface area contributed by atoms with E-state index in [0.29, 0.717) is 23.7 Å². The Labute approximate surface area is 118 Å². The number of carbonyl (C=O) groups excluding carboxylic acids is 1. The van der Waals surface area contributed by atoms with Crippen LogP contribution < -0.4 is 10.1 Å². The lowest BCUT2D eigenvalue weighted by Gasteiger charge is -2.12. The van der Waals surface area contributed by atoms with Crippen LogP contribution in [0.1, 0.15) is 18.9 Å². The fourth-order valence-corrected chi connectivity index (χ4v) is 1.93. The molecule has 4 nitrogen and oxygen atoms in total. The summed E-state index contributed by atoms with van der Waals surface area (Å²) in [6.07, 6.45) is 0.913. The number of hydrogen-bond acceptors (Lipinski definition) is 3. The van der Waals surface area contributed by atoms with Crippen LogP contribution in [0.3, 0.4) is 0 Å². The van der Waals surface area contributed by atoms with Crippen LogP contribution in [0.2, 0.25) is 5.02 Å². The van der Waals surface area contributed by atoms with Crippen LogP contribution in [0.15, 0.2) is 18.2 Å². The van der Waals surface area contributed by atoms with Gasteiger partial charge in [-0.2, -0.15) is 0 Å². The fourth-order valence-electron chi connectivity index (χ4n) is 1.73. The van der Waals surface area contributed by atoms with Crippen LogP contribution in [0.4, 0.5) is 0 Å². The van der Waals surface area contributed by atoms with Gasteiger partial charge in [-0.15, -0.1) is 0 Å². The van der Waals surface area contributed by atoms with Crippen LogP contribution in [0.5, 0.6) is 5.75 Å². The van der Waals surface area contributed by atoms with E-state index in [1.54, 1.807) is 25.3 Å². The van der Waals surface area contributed by atoms with Gasteiger partial charge in [-0.3, -0.25) is 4.79 Å². The van der Waals surface area contributed by atoms with Crippen LogP contribution in [-0.2, 0) is 11.2 Å². The van der Waals surface area contributed by atoms with Crippen molar-refractivity contribution in [2.24, 2.45) is 5.92 Å². The standard InChI is InChI=1S/C14H20ClNO3/c1-10(5-6-17)9-16-14(18)8-11-7-12(15)3-4-13(11)19-2/h3-4,7,10,17H,5-6,8-9H2,1-2H3,(H,16,18). The molecule has 1 unspecified atom stereocenters. The smallest absolute Gasteiger partial charge is 0.224 e. The highest BCUT2D eigenvalue weighted by atomic mass is 35.5. The molecule has 1 rings (SSSR count). The normalized spacial score (nSPS) is 12.0. The number of carbonyl (C=O) groups is 1. The van der Waals surface area contributed by atoms with Crippen molar-refractivity contribution in [1.29, 1.82) is 0 Å². The Balaban J connectivity index is 2.54. The predicted molar refractivity (Wildman–Crippen MR) is 75.6 cm³/mol. The van der Waals surface area contributed by atoms with Gasteiger partial charge >= 0.3 is 0 Å². The summed E-state index contributed by atoms with van der Waals surface area (Å²) in [4.78, 5) is 11.8. The maximum Gasteiger partial charge on any atom is 0.224 e. The summed E-state index contributed by atoms with van der Waals surface area (Å²) in [6.45, 7) is 2.68. The number of benzene rings is 1. The minimum Gasteiger partial charge on any atom is -0.496 e. The second-order valence-corrected chi connectivity index (χ2v) is 4.99. The highest BCUT2D eigenvalue weighted by Crippen LogP contribution is 2.22. The maximum absolute atomic E-state index is 11.8. The molecule has 1 atom stereocenters. The van der Waals surface area contributed by atoms with Crippen LogP contribution in [-0.4, -0.2) is 31.3 Å². The number of amides is 1. The summed E-state index contributed by atoms with van der Waals surface area (Å²) in [5.74, 6) is 0.837. The molecule has 106 valence electrons. The van der Waals surface area contributed by atoms with Crippen LogP contribution in [0, 0.1) is 5.92 Å². The molecule has 0 aliphatic carbocycles. The summed E-state index contributed by atoms with van der Waals surface area (Å²) in [5, 5.41) is 12.2. The van der Waals surface area contributed by atoms with Gasteiger partial charge in [-0.25, -0.2) is 0 Å². The number of aliphatic hydroxyl groups excluding tert-OH is 1. The third-order valence-corrected chi connectivity index (χ3v) is 3.10. The predicted octanol–water partition coefficient (Wildman–Crippen LogP) is 2.03. The Morgan fingerprint density at radius 2 is 2.26 bits per heavy atom. The molecule has 0 spiro atoms. The zero-order valence-electron chi connectivity index (χ0n) is 11.3. The van der Waals surface area contributed by atoms with Gasteiger partial charge in [0.05, 0.1) is 13.5 Å². The molecule has 19 heavy (non-hydrogen) atoms. The molecular formula is C14H20ClNO3. The quantitative estimate of drug-likeness (QED) is 0.806. The molecule has 2 N–H and O–H groups in total. The largest absolute Gasteiger partial charge is 0.496 e. The highest BCUT2D eigenvalue weighted by molar-refractivity contribution is 6.30. The summed E-state index contributed by atoms with van der Waals surface area (Å²) >= 11 is 5.91. The first-order valence-corrected chi connectivity index (χ1v) is 6.64. The second kappa shape index (κ2) is 8.02. The van der Waals surface area contributed by atoms with Crippen molar-refractivity contribution in [2.75, 3.05) is 20.3 Å². The van der Waals surface area contributed by atoms with Gasteiger partial charge in [-0.05, 0) is 30.5 Å². The van der Waals surface area contributed by atoms with E-state index in [2.05, 4.69) is 5.32 Å². The molecule has 0 radical (unpaired) electrons. The Hall–Kier alpha value is -1.26. The van der Waals surface area contributed by atoms with Gasteiger partial charge in [0.1, 0.15) is 5.75 Å². The number of rotatable bonds is 7. The first-order valence-electron chi connectivity index (χ1n) is 6.26. The number of nitrogens with one attached hydrogen (secondary N) is 1. The van der Waals surface area contributed by atoms with E-state index in [-0.39, 0.29) is 24.9 Å². The first kappa shape index (κ1) is 15.8. The van der Waals surface area contributed by atoms with Gasteiger partial charge in [0.2, 0.25) is 5.91 Å². The van der Waals surface area contributed by atoms with Crippen molar-refractivity contribution in [2.45, 2.75) is 19.8 Å². The number of aliphatic hydroxyl groups is 1. The van der Waals surface area contributed by atoms with Gasteiger partial charge in [0.15, 0.2) is 0 Å². The average Bonchev–Trinajstić information content (AvgIpc) is 2.37. The Bertz CT molecular complexity index is 423. The zero-order chi connectivity index (χ0) is 14.3. The minimum atomic E-state index is -0.0784. The summed E-state index contributed by atoms with van der Waals surface area (Å²) < 4.78 is 5.19. The number of hydrogen-bond donors (Lipinski definition) is 2. The lowest BCUT2D eigenvalue weighted by atomic mass is 10.1. The topological polar surface area (TPSA) is 58.6 Å². The Morgan fingerprint density at radius 1 is 1.53 bits per heavy atom. The van der Waals surface area contributed by atoms with Crippen LogP contribution in [0.25, 0.3) is 0 Å². The molecule has 0 saturated carbocycles. The Kier molecular flexibility index (Phi) is 6.67. The molecule has 0 aliphatic heterocycles. The molecule has 1 aromatic rings. The third-order valence-electron chi connectivity index (χ3n) is 2.86. The molecule has 0 heterocycles. The summed E-state index contributed by atoms with van der Waals surface area (Å²) in [6, 6.07) is 5.21. The van der Waals surface area contributed by atoms with E-state index in [1.807, 2.05) is 6.92 Å². The van der Waals surface area contributed by atoms with Crippen molar-refractivity contribution in [3.05, 3.63) is 28.8 Å². The molecule has 5 heteroatoms. The van der Waals surface area contributed by atoms with Crippen molar-refractivity contribution in [3.8, 4) is 5.75 Å². The third kappa shape index (κ3) is 5.49. The van der Waals surface area contributed by atoms with E-state index < -0.39 is 0 Å². The van der Waals surface area contributed by atoms with Gasteiger partial charge < -0.3 is 15.2 Å². The lowest BCUT2D eigenvalue weighted by molar-refractivity contribution is -0.120. The second-order valence-electron chi connectivity index (χ2n) is 4.55. The van der Waals surface area contributed by atoms with Crippen molar-refractivity contribution < 1.29 is 14.6 Å². The lowest BCUT2D eigenvalue weighted by Crippen LogP contribution is -2.30. The molecular weight excluding hydrogens is 266 g/mol. The number of ether oxygens (including phenoxy) is 1. The summed E-state index contributed by atoms with van der Waals surface area (Å²) in [7, 11) is 1.56. The van der Waals surface area contributed by atoms with E-state index in [1.165, 1.54) is 0 Å². The molecule has 0 saturated heterocycles. The molecule has 0 aromatic heterocycles. The van der Waals surface area contributed by atoms with Crippen molar-refractivity contribution in [3.63, 3.8) is 0 Å². The Morgan fingerprint density at radius 3 is 2.89 bits per heavy atom. The van der Waals surface area contributed by atoms with E-state index in [9.17, 15) is 4.79 Å². The average molecular weight is 286 g/mol. The van der Waals surface area contributed by atoms with Gasteiger partial charge in [-0.1, -0.05) is 18.5 Å². The molecule has 1 aromatic carbocycles. The number of halogens is 1. The van der Waals surface area contributed by atoms with Gasteiger partial charge in [0, 0.05) is 23.7 Å². The first-order chi connectivity index (χ1) is 9.06. The van der Waals surface area contributed by atoms with Crippen LogP contribution >= 0.6 is 11.6 Å². The summed E-state index contributed by atoms with van der Waals surface area (Å²) in [5.41, 5.74) is 0.766. The van der Waals surface area contributed by atoms with Gasteiger partial charge in [0.25, 0.3) is 0 Å². The molecule has 0 bridgehead atoms. The number of methoxy groups -OCH3 is 1. The molecule has 0 aliphatic rings. The van der Waals surface area contributed by atoms with E-state index >= 15 is 0 Å². The fraction of sp³-hybridized carbons (Fsp3) is 0.500. The zero-order valence-corrected chi connectivity index (χ0v) is 12.0. The van der Waals surface area contributed by atoms with Crippen molar-refractivity contribution in [1.82, 2.24) is 5.32 Å². The minimum absolute atomic E-state index is 0.0784. The van der Waals surface area contributed by atoms with E-state index in [4.69, 9.17) is 21.4 Å². The maximum atomic E-state index is 11.8. The monoisotopic (exact) mass is 285 g/mol. The SMILES string of the molecule is COc1ccc(Cl)cc1CC(=O)NCC(C)CCO. The highest BCUT2D eigenvalue weighted by Gasteiger charge is 2.10. The molecule has 1 amide bonds. The molecule has 0 fully saturated rings.